The molecule has 15 heavy (non-hydrogen) atoms. The van der Waals surface area contributed by atoms with Crippen LogP contribution >= 0.6 is 12.2 Å². The van der Waals surface area contributed by atoms with Crippen molar-refractivity contribution in [2.45, 2.75) is 58.9 Å². The van der Waals surface area contributed by atoms with Crippen molar-refractivity contribution in [3.8, 4) is 0 Å². The minimum atomic E-state index is 0.528. The molecule has 0 amide bonds. The van der Waals surface area contributed by atoms with Crippen LogP contribution < -0.4 is 0 Å². The van der Waals surface area contributed by atoms with Gasteiger partial charge in [0.05, 0.1) is 0 Å². The largest absolute Gasteiger partial charge is 0.337 e. The predicted molar refractivity (Wildman–Crippen MR) is 67.8 cm³/mol. The van der Waals surface area contributed by atoms with Gasteiger partial charge in [-0.1, -0.05) is 32.6 Å². The first kappa shape index (κ1) is 12.5. The van der Waals surface area contributed by atoms with Gasteiger partial charge >= 0.3 is 0 Å². The molecule has 1 atom stereocenters. The number of nitrogens with zero attached hydrogens (tertiary/aromatic N) is 1. The average Bonchev–Trinajstić information content (AvgIpc) is 2.53. The second-order valence-corrected chi connectivity index (χ2v) is 4.69. The first-order valence-corrected chi connectivity index (χ1v) is 6.34. The van der Waals surface area contributed by atoms with Gasteiger partial charge in [-0.3, -0.25) is 0 Å². The van der Waals surface area contributed by atoms with Crippen molar-refractivity contribution in [3.63, 3.8) is 0 Å². The molecule has 0 aliphatic carbocycles. The monoisotopic (exact) mass is 226 g/mol. The van der Waals surface area contributed by atoms with E-state index in [1.165, 1.54) is 37.8 Å². The predicted octanol–water partition coefficient (Wildman–Crippen LogP) is 4.39. The summed E-state index contributed by atoms with van der Waals surface area (Å²) >= 11 is 5.26. The molecule has 0 radical (unpaired) electrons. The summed E-state index contributed by atoms with van der Waals surface area (Å²) in [6.45, 7) is 6.60. The molecule has 0 spiro atoms. The molecule has 1 heterocycles. The maximum absolute atomic E-state index is 5.26. The third-order valence-electron chi connectivity index (χ3n) is 2.92. The molecule has 1 aromatic rings. The summed E-state index contributed by atoms with van der Waals surface area (Å²) < 4.78 is 3.08. The van der Waals surface area contributed by atoms with Gasteiger partial charge in [-0.25, -0.2) is 0 Å². The average molecular weight is 226 g/mol. The van der Waals surface area contributed by atoms with E-state index in [1.807, 2.05) is 6.20 Å². The Morgan fingerprint density at radius 2 is 2.13 bits per heavy atom. The maximum atomic E-state index is 5.26. The highest BCUT2D eigenvalue weighted by Crippen LogP contribution is 2.18. The lowest BCUT2D eigenvalue weighted by Gasteiger charge is -2.14. The van der Waals surface area contributed by atoms with Gasteiger partial charge in [0.15, 0.2) is 4.77 Å². The Hall–Kier alpha value is -0.570. The van der Waals surface area contributed by atoms with Crippen LogP contribution in [0.15, 0.2) is 6.20 Å². The first-order valence-electron chi connectivity index (χ1n) is 5.93. The van der Waals surface area contributed by atoms with E-state index in [4.69, 9.17) is 12.2 Å². The van der Waals surface area contributed by atoms with Gasteiger partial charge in [-0.05, 0) is 32.5 Å². The number of rotatable bonds is 6. The summed E-state index contributed by atoms with van der Waals surface area (Å²) in [4.78, 5) is 3.10. The fourth-order valence-corrected chi connectivity index (χ4v) is 2.39. The lowest BCUT2D eigenvalue weighted by atomic mass is 10.1. The number of hydrogen-bond acceptors (Lipinski definition) is 1. The van der Waals surface area contributed by atoms with E-state index < -0.39 is 0 Å². The fourth-order valence-electron chi connectivity index (χ4n) is 2.01. The first-order chi connectivity index (χ1) is 7.16. The molecule has 0 bridgehead atoms. The zero-order chi connectivity index (χ0) is 11.3. The molecule has 1 aromatic heterocycles. The van der Waals surface area contributed by atoms with E-state index in [9.17, 15) is 0 Å². The molecule has 0 aliphatic rings. The van der Waals surface area contributed by atoms with Crippen LogP contribution in [0.5, 0.6) is 0 Å². The Morgan fingerprint density at radius 1 is 1.40 bits per heavy atom. The van der Waals surface area contributed by atoms with Gasteiger partial charge in [-0.15, -0.1) is 0 Å². The summed E-state index contributed by atoms with van der Waals surface area (Å²) in [5.74, 6) is 0. The van der Waals surface area contributed by atoms with E-state index in [0.717, 1.165) is 4.77 Å². The number of H-pyrrole nitrogens is 1. The van der Waals surface area contributed by atoms with Crippen LogP contribution in [0.25, 0.3) is 0 Å². The Morgan fingerprint density at radius 3 is 2.67 bits per heavy atom. The smallest absolute Gasteiger partial charge is 0.177 e. The van der Waals surface area contributed by atoms with Crippen molar-refractivity contribution in [1.29, 1.82) is 0 Å². The highest BCUT2D eigenvalue weighted by molar-refractivity contribution is 7.71. The van der Waals surface area contributed by atoms with E-state index in [0.29, 0.717) is 6.04 Å². The van der Waals surface area contributed by atoms with E-state index in [-0.39, 0.29) is 0 Å². The van der Waals surface area contributed by atoms with E-state index in [1.54, 1.807) is 0 Å². The van der Waals surface area contributed by atoms with Crippen LogP contribution in [-0.2, 0) is 0 Å². The molecule has 0 aliphatic heterocycles. The third-order valence-corrected chi connectivity index (χ3v) is 3.23. The number of hydrogen-bond donors (Lipinski definition) is 1. The summed E-state index contributed by atoms with van der Waals surface area (Å²) in [5, 5.41) is 0. The maximum Gasteiger partial charge on any atom is 0.177 e. The van der Waals surface area contributed by atoms with E-state index in [2.05, 4.69) is 30.3 Å². The van der Waals surface area contributed by atoms with Crippen LogP contribution in [0, 0.1) is 11.7 Å². The van der Waals surface area contributed by atoms with Crippen molar-refractivity contribution in [2.75, 3.05) is 0 Å². The number of imidazole rings is 1. The molecule has 1 N–H and O–H groups in total. The number of unbranched alkanes of at least 4 members (excludes halogenated alkanes) is 3. The second kappa shape index (κ2) is 6.11. The van der Waals surface area contributed by atoms with Crippen LogP contribution in [0.2, 0.25) is 0 Å². The molecule has 2 nitrogen and oxygen atoms in total. The number of aromatic nitrogens is 2. The molecule has 1 rings (SSSR count). The van der Waals surface area contributed by atoms with Crippen LogP contribution in [0.4, 0.5) is 0 Å². The van der Waals surface area contributed by atoms with Crippen molar-refractivity contribution < 1.29 is 0 Å². The highest BCUT2D eigenvalue weighted by Gasteiger charge is 2.07. The van der Waals surface area contributed by atoms with Crippen LogP contribution in [0.3, 0.4) is 0 Å². The Balaban J connectivity index is 2.47. The third kappa shape index (κ3) is 3.49. The molecule has 0 aromatic carbocycles. The topological polar surface area (TPSA) is 20.7 Å². The quantitative estimate of drug-likeness (QED) is 0.563. The number of nitrogens with one attached hydrogen (secondary N) is 1. The number of aryl methyl sites for hydroxylation is 1. The summed E-state index contributed by atoms with van der Waals surface area (Å²) in [5.41, 5.74) is 1.24. The summed E-state index contributed by atoms with van der Waals surface area (Å²) in [7, 11) is 0. The zero-order valence-electron chi connectivity index (χ0n) is 10.0. The molecule has 1 unspecified atom stereocenters. The molecule has 0 saturated carbocycles. The van der Waals surface area contributed by atoms with Gasteiger partial charge < -0.3 is 9.55 Å². The highest BCUT2D eigenvalue weighted by atomic mass is 32.1. The van der Waals surface area contributed by atoms with Gasteiger partial charge in [0.25, 0.3) is 0 Å². The zero-order valence-corrected chi connectivity index (χ0v) is 10.9. The van der Waals surface area contributed by atoms with Crippen molar-refractivity contribution in [2.24, 2.45) is 0 Å². The van der Waals surface area contributed by atoms with Crippen molar-refractivity contribution in [1.82, 2.24) is 9.55 Å². The van der Waals surface area contributed by atoms with Gasteiger partial charge in [-0.2, -0.15) is 0 Å². The molecule has 3 heteroatoms. The lowest BCUT2D eigenvalue weighted by Crippen LogP contribution is -2.06. The van der Waals surface area contributed by atoms with Crippen LogP contribution in [-0.4, -0.2) is 9.55 Å². The SMILES string of the molecule is CCCCCCC(C)n1c(C)c[nH]c1=S. The number of aromatic amines is 1. The van der Waals surface area contributed by atoms with Gasteiger partial charge in [0.2, 0.25) is 0 Å². The Kier molecular flexibility index (Phi) is 5.09. The van der Waals surface area contributed by atoms with Gasteiger partial charge in [0, 0.05) is 17.9 Å². The van der Waals surface area contributed by atoms with Crippen molar-refractivity contribution in [3.05, 3.63) is 16.7 Å². The minimum absolute atomic E-state index is 0.528. The Bertz CT molecular complexity index is 338. The molecular formula is C12H22N2S. The molecule has 0 fully saturated rings. The normalized spacial score (nSPS) is 13.0. The van der Waals surface area contributed by atoms with Crippen molar-refractivity contribution >= 4 is 12.2 Å². The fraction of sp³-hybridized carbons (Fsp3) is 0.750. The Labute approximate surface area is 97.7 Å². The second-order valence-electron chi connectivity index (χ2n) is 4.30. The molecule has 86 valence electrons. The molecular weight excluding hydrogens is 204 g/mol. The standard InChI is InChI=1S/C12H22N2S/c1-4-5-6-7-8-10(2)14-11(3)9-13-12(14)15/h9-10H,4-8H2,1-3H3,(H,13,15). The summed E-state index contributed by atoms with van der Waals surface area (Å²) in [6, 6.07) is 0.528. The van der Waals surface area contributed by atoms with E-state index >= 15 is 0 Å². The lowest BCUT2D eigenvalue weighted by molar-refractivity contribution is 0.462. The van der Waals surface area contributed by atoms with Gasteiger partial charge in [0.1, 0.15) is 0 Å². The molecule has 0 saturated heterocycles. The summed E-state index contributed by atoms with van der Waals surface area (Å²) in [6.07, 6.45) is 8.53. The van der Waals surface area contributed by atoms with Crippen LogP contribution in [0.1, 0.15) is 57.7 Å². The minimum Gasteiger partial charge on any atom is -0.337 e.